The smallest absolute Gasteiger partial charge is 0.140 e. The van der Waals surface area contributed by atoms with Gasteiger partial charge < -0.3 is 5.73 Å². The highest BCUT2D eigenvalue weighted by Crippen LogP contribution is 2.37. The maximum atomic E-state index is 5.84. The first-order valence-corrected chi connectivity index (χ1v) is 7.43. The van der Waals surface area contributed by atoms with E-state index in [0.29, 0.717) is 11.7 Å². The molecule has 17 heavy (non-hydrogen) atoms. The maximum Gasteiger partial charge on any atom is 0.140 e. The molecule has 0 aromatic carbocycles. The second kappa shape index (κ2) is 5.50. The largest absolute Gasteiger partial charge is 0.383 e. The molecule has 0 unspecified atom stereocenters. The van der Waals surface area contributed by atoms with Gasteiger partial charge >= 0.3 is 0 Å². The molecule has 3 nitrogen and oxygen atoms in total. The highest BCUT2D eigenvalue weighted by Gasteiger charge is 2.25. The molecule has 1 fully saturated rings. The molecule has 2 rings (SSSR count). The lowest BCUT2D eigenvalue weighted by Crippen LogP contribution is -2.19. The number of nitrogens with two attached hydrogens (primary N) is 1. The summed E-state index contributed by atoms with van der Waals surface area (Å²) in [4.78, 5) is 8.86. The topological polar surface area (TPSA) is 51.8 Å². The molecule has 1 heterocycles. The van der Waals surface area contributed by atoms with Crippen LogP contribution in [0.15, 0.2) is 6.20 Å². The number of nitrogens with zero attached hydrogens (tertiary/aromatic N) is 2. The number of hydrogen-bond acceptors (Lipinski definition) is 3. The molecule has 4 heteroatoms. The van der Waals surface area contributed by atoms with Gasteiger partial charge in [-0.25, -0.2) is 9.97 Å². The zero-order valence-electron chi connectivity index (χ0n) is 10.5. The molecule has 1 saturated carbocycles. The van der Waals surface area contributed by atoms with Gasteiger partial charge in [-0.3, -0.25) is 0 Å². The predicted octanol–water partition coefficient (Wildman–Crippen LogP) is 3.59. The van der Waals surface area contributed by atoms with Crippen LogP contribution in [0.2, 0.25) is 0 Å². The minimum Gasteiger partial charge on any atom is -0.383 e. The van der Waals surface area contributed by atoms with E-state index in [9.17, 15) is 0 Å². The molecule has 1 aromatic heterocycles. The Hall–Kier alpha value is -0.390. The number of aromatic nitrogens is 2. The van der Waals surface area contributed by atoms with E-state index in [1.165, 1.54) is 25.7 Å². The molecule has 1 aliphatic rings. The van der Waals surface area contributed by atoms with E-state index >= 15 is 0 Å². The van der Waals surface area contributed by atoms with Crippen molar-refractivity contribution in [1.82, 2.24) is 9.97 Å². The second-order valence-electron chi connectivity index (χ2n) is 5.32. The third-order valence-electron chi connectivity index (χ3n) is 3.87. The van der Waals surface area contributed by atoms with Crippen LogP contribution in [-0.4, -0.2) is 9.97 Å². The van der Waals surface area contributed by atoms with Crippen LogP contribution in [0.25, 0.3) is 0 Å². The van der Waals surface area contributed by atoms with Gasteiger partial charge in [-0.1, -0.05) is 13.8 Å². The summed E-state index contributed by atoms with van der Waals surface area (Å²) in [5.74, 6) is 3.78. The van der Waals surface area contributed by atoms with Gasteiger partial charge in [-0.05, 0) is 60.1 Å². The number of hydrogen-bond donors (Lipinski definition) is 1. The van der Waals surface area contributed by atoms with E-state index in [4.69, 9.17) is 5.73 Å². The Bertz CT molecular complexity index is 384. The monoisotopic (exact) mass is 345 g/mol. The fourth-order valence-corrected chi connectivity index (χ4v) is 2.90. The quantitative estimate of drug-likeness (QED) is 0.834. The summed E-state index contributed by atoms with van der Waals surface area (Å²) < 4.78 is 0.946. The predicted molar refractivity (Wildman–Crippen MR) is 78.7 cm³/mol. The van der Waals surface area contributed by atoms with Crippen molar-refractivity contribution in [2.75, 3.05) is 5.73 Å². The van der Waals surface area contributed by atoms with Gasteiger partial charge in [0.2, 0.25) is 0 Å². The zero-order chi connectivity index (χ0) is 12.4. The van der Waals surface area contributed by atoms with Gasteiger partial charge in [0.25, 0.3) is 0 Å². The summed E-state index contributed by atoms with van der Waals surface area (Å²) in [5, 5.41) is 0. The van der Waals surface area contributed by atoms with Crippen molar-refractivity contribution in [3.63, 3.8) is 0 Å². The molecular weight excluding hydrogens is 325 g/mol. The Morgan fingerprint density at radius 3 is 2.47 bits per heavy atom. The van der Waals surface area contributed by atoms with Crippen LogP contribution in [0.1, 0.15) is 51.3 Å². The Morgan fingerprint density at radius 2 is 1.94 bits per heavy atom. The maximum absolute atomic E-state index is 5.84. The fraction of sp³-hybridized carbons (Fsp3) is 0.692. The number of nitrogen functional groups attached to an aromatic ring is 1. The minimum absolute atomic E-state index is 0.518. The van der Waals surface area contributed by atoms with E-state index in [1.807, 2.05) is 6.20 Å². The molecule has 0 radical (unpaired) electrons. The normalized spacial score (nSPS) is 25.2. The standard InChI is InChI=1S/C13H20IN3/c1-8(2)9-3-5-10(6-4-9)13-16-7-11(14)12(15)17-13/h7-10H,3-6H2,1-2H3,(H2,15,16,17). The molecule has 1 aromatic rings. The van der Waals surface area contributed by atoms with Gasteiger partial charge in [-0.2, -0.15) is 0 Å². The van der Waals surface area contributed by atoms with Gasteiger partial charge in [0.05, 0.1) is 3.57 Å². The Morgan fingerprint density at radius 1 is 1.29 bits per heavy atom. The van der Waals surface area contributed by atoms with Gasteiger partial charge in [0.15, 0.2) is 0 Å². The fourth-order valence-electron chi connectivity index (χ4n) is 2.64. The van der Waals surface area contributed by atoms with Crippen molar-refractivity contribution < 1.29 is 0 Å². The lowest BCUT2D eigenvalue weighted by atomic mass is 9.77. The molecule has 1 aliphatic carbocycles. The van der Waals surface area contributed by atoms with Crippen LogP contribution in [-0.2, 0) is 0 Å². The van der Waals surface area contributed by atoms with Crippen molar-refractivity contribution >= 4 is 28.4 Å². The first-order chi connectivity index (χ1) is 8.08. The molecule has 2 N–H and O–H groups in total. The lowest BCUT2D eigenvalue weighted by molar-refractivity contribution is 0.255. The summed E-state index contributed by atoms with van der Waals surface area (Å²) >= 11 is 2.17. The summed E-state index contributed by atoms with van der Waals surface area (Å²) in [6, 6.07) is 0. The van der Waals surface area contributed by atoms with Crippen LogP contribution in [0, 0.1) is 15.4 Å². The van der Waals surface area contributed by atoms with Crippen molar-refractivity contribution in [3.05, 3.63) is 15.6 Å². The molecule has 0 bridgehead atoms. The highest BCUT2D eigenvalue weighted by atomic mass is 127. The Kier molecular flexibility index (Phi) is 4.22. The number of anilines is 1. The summed E-state index contributed by atoms with van der Waals surface area (Å²) in [6.45, 7) is 4.65. The lowest BCUT2D eigenvalue weighted by Gasteiger charge is -2.30. The number of halogens is 1. The molecular formula is C13H20IN3. The van der Waals surface area contributed by atoms with Crippen LogP contribution in [0.4, 0.5) is 5.82 Å². The van der Waals surface area contributed by atoms with E-state index in [2.05, 4.69) is 46.4 Å². The second-order valence-corrected chi connectivity index (χ2v) is 6.48. The van der Waals surface area contributed by atoms with E-state index in [-0.39, 0.29) is 0 Å². The Labute approximate surface area is 117 Å². The zero-order valence-corrected chi connectivity index (χ0v) is 12.6. The molecule has 94 valence electrons. The van der Waals surface area contributed by atoms with Gasteiger partial charge in [0, 0.05) is 12.1 Å². The minimum atomic E-state index is 0.518. The molecule has 0 spiro atoms. The number of rotatable bonds is 2. The first-order valence-electron chi connectivity index (χ1n) is 6.36. The van der Waals surface area contributed by atoms with Crippen molar-refractivity contribution in [1.29, 1.82) is 0 Å². The van der Waals surface area contributed by atoms with Crippen LogP contribution >= 0.6 is 22.6 Å². The average molecular weight is 345 g/mol. The molecule has 0 saturated heterocycles. The summed E-state index contributed by atoms with van der Waals surface area (Å²) in [7, 11) is 0. The van der Waals surface area contributed by atoms with Crippen molar-refractivity contribution in [2.45, 2.75) is 45.4 Å². The molecule has 0 amide bonds. The van der Waals surface area contributed by atoms with Crippen molar-refractivity contribution in [2.24, 2.45) is 11.8 Å². The Balaban J connectivity index is 2.03. The van der Waals surface area contributed by atoms with Crippen LogP contribution in [0.3, 0.4) is 0 Å². The van der Waals surface area contributed by atoms with E-state index < -0.39 is 0 Å². The third-order valence-corrected chi connectivity index (χ3v) is 4.70. The SMILES string of the molecule is CC(C)C1CCC(c2ncc(I)c(N)n2)CC1. The average Bonchev–Trinajstić information content (AvgIpc) is 2.33. The van der Waals surface area contributed by atoms with E-state index in [0.717, 1.165) is 21.2 Å². The van der Waals surface area contributed by atoms with E-state index in [1.54, 1.807) is 0 Å². The third kappa shape index (κ3) is 3.09. The van der Waals surface area contributed by atoms with Gasteiger partial charge in [-0.15, -0.1) is 0 Å². The highest BCUT2D eigenvalue weighted by molar-refractivity contribution is 14.1. The van der Waals surface area contributed by atoms with Gasteiger partial charge in [0.1, 0.15) is 11.6 Å². The summed E-state index contributed by atoms with van der Waals surface area (Å²) in [5.41, 5.74) is 5.84. The van der Waals surface area contributed by atoms with Crippen molar-refractivity contribution in [3.8, 4) is 0 Å². The molecule has 0 atom stereocenters. The van der Waals surface area contributed by atoms with Crippen LogP contribution in [0.5, 0.6) is 0 Å². The van der Waals surface area contributed by atoms with Crippen LogP contribution < -0.4 is 5.73 Å². The summed E-state index contributed by atoms with van der Waals surface area (Å²) in [6.07, 6.45) is 6.87. The first kappa shape index (κ1) is 13.1. The molecule has 0 aliphatic heterocycles.